The first-order valence-corrected chi connectivity index (χ1v) is 12.4. The van der Waals surface area contributed by atoms with E-state index in [4.69, 9.17) is 26.1 Å². The van der Waals surface area contributed by atoms with Gasteiger partial charge in [0.25, 0.3) is 0 Å². The number of carbonyl (C=O) groups is 1. The summed E-state index contributed by atoms with van der Waals surface area (Å²) in [6.07, 6.45) is 0. The summed E-state index contributed by atoms with van der Waals surface area (Å²) in [5.74, 6) is 1.96. The maximum absolute atomic E-state index is 13.8. The van der Waals surface area contributed by atoms with Crippen LogP contribution in [0.2, 0.25) is 5.02 Å². The SMILES string of the molecule is COc1ccc(Cl)c2sc(N3CCN(C(=O)C4c5ccccc5Oc5ccccc54)CC3)nc12. The summed E-state index contributed by atoms with van der Waals surface area (Å²) in [6.45, 7) is 2.67. The van der Waals surface area contributed by atoms with E-state index in [1.165, 1.54) is 0 Å². The molecule has 172 valence electrons. The number of piperazine rings is 1. The third kappa shape index (κ3) is 3.47. The van der Waals surface area contributed by atoms with Gasteiger partial charge in [-0.3, -0.25) is 4.79 Å². The summed E-state index contributed by atoms with van der Waals surface area (Å²) in [5.41, 5.74) is 2.62. The fourth-order valence-electron chi connectivity index (χ4n) is 4.72. The van der Waals surface area contributed by atoms with E-state index in [1.54, 1.807) is 18.4 Å². The predicted octanol–water partition coefficient (Wildman–Crippen LogP) is 5.54. The number of benzene rings is 3. The van der Waals surface area contributed by atoms with Gasteiger partial charge in [0, 0.05) is 37.3 Å². The van der Waals surface area contributed by atoms with Crippen LogP contribution in [0.25, 0.3) is 10.2 Å². The molecule has 0 spiro atoms. The zero-order chi connectivity index (χ0) is 23.2. The molecule has 0 saturated carbocycles. The van der Waals surface area contributed by atoms with Crippen LogP contribution in [-0.2, 0) is 4.79 Å². The van der Waals surface area contributed by atoms with Gasteiger partial charge >= 0.3 is 0 Å². The van der Waals surface area contributed by atoms with Crippen LogP contribution in [0.15, 0.2) is 60.7 Å². The zero-order valence-electron chi connectivity index (χ0n) is 18.5. The molecule has 0 aliphatic carbocycles. The Balaban J connectivity index is 1.24. The van der Waals surface area contributed by atoms with Gasteiger partial charge < -0.3 is 19.3 Å². The number of hydrogen-bond acceptors (Lipinski definition) is 6. The minimum absolute atomic E-state index is 0.108. The monoisotopic (exact) mass is 491 g/mol. The molecule has 2 aliphatic rings. The molecule has 4 aromatic rings. The van der Waals surface area contributed by atoms with Gasteiger partial charge in [-0.25, -0.2) is 4.98 Å². The number of aromatic nitrogens is 1. The highest BCUT2D eigenvalue weighted by molar-refractivity contribution is 7.22. The molecule has 1 amide bonds. The van der Waals surface area contributed by atoms with Crippen molar-refractivity contribution in [2.45, 2.75) is 5.92 Å². The van der Waals surface area contributed by atoms with Crippen LogP contribution in [-0.4, -0.2) is 49.1 Å². The zero-order valence-corrected chi connectivity index (χ0v) is 20.1. The lowest BCUT2D eigenvalue weighted by atomic mass is 9.86. The molecular formula is C26H22ClN3O3S. The summed E-state index contributed by atoms with van der Waals surface area (Å²) in [6, 6.07) is 19.3. The van der Waals surface area contributed by atoms with Crippen LogP contribution in [0, 0.1) is 0 Å². The van der Waals surface area contributed by atoms with E-state index in [-0.39, 0.29) is 11.8 Å². The van der Waals surface area contributed by atoms with Crippen molar-refractivity contribution < 1.29 is 14.3 Å². The molecule has 2 aliphatic heterocycles. The largest absolute Gasteiger partial charge is 0.494 e. The van der Waals surface area contributed by atoms with Crippen LogP contribution in [0.4, 0.5) is 5.13 Å². The van der Waals surface area contributed by atoms with Gasteiger partial charge in [0.1, 0.15) is 22.8 Å². The molecule has 3 aromatic carbocycles. The van der Waals surface area contributed by atoms with Crippen LogP contribution >= 0.6 is 22.9 Å². The van der Waals surface area contributed by atoms with Gasteiger partial charge in [0.2, 0.25) is 5.91 Å². The molecule has 0 N–H and O–H groups in total. The molecule has 3 heterocycles. The van der Waals surface area contributed by atoms with Crippen molar-refractivity contribution in [2.24, 2.45) is 0 Å². The summed E-state index contributed by atoms with van der Waals surface area (Å²) >= 11 is 7.97. The average molecular weight is 492 g/mol. The normalized spacial score (nSPS) is 15.6. The molecule has 6 rings (SSSR count). The Kier molecular flexibility index (Phi) is 5.31. The summed E-state index contributed by atoms with van der Waals surface area (Å²) < 4.78 is 12.5. The number of halogens is 1. The lowest BCUT2D eigenvalue weighted by Crippen LogP contribution is -2.50. The number of anilines is 1. The van der Waals surface area contributed by atoms with Crippen molar-refractivity contribution in [1.29, 1.82) is 0 Å². The van der Waals surface area contributed by atoms with E-state index in [2.05, 4.69) is 4.90 Å². The Morgan fingerprint density at radius 3 is 2.29 bits per heavy atom. The van der Waals surface area contributed by atoms with E-state index in [0.717, 1.165) is 38.0 Å². The van der Waals surface area contributed by atoms with Crippen LogP contribution in [0.5, 0.6) is 17.2 Å². The van der Waals surface area contributed by atoms with Gasteiger partial charge in [-0.2, -0.15) is 0 Å². The Bertz CT molecular complexity index is 1350. The third-order valence-electron chi connectivity index (χ3n) is 6.46. The average Bonchev–Trinajstić information content (AvgIpc) is 3.34. The van der Waals surface area contributed by atoms with Gasteiger partial charge in [-0.1, -0.05) is 59.3 Å². The van der Waals surface area contributed by atoms with E-state index in [1.807, 2.05) is 65.6 Å². The van der Waals surface area contributed by atoms with E-state index < -0.39 is 0 Å². The lowest BCUT2D eigenvalue weighted by Gasteiger charge is -2.37. The fourth-order valence-corrected chi connectivity index (χ4v) is 6.03. The molecule has 34 heavy (non-hydrogen) atoms. The highest BCUT2D eigenvalue weighted by Gasteiger charge is 2.36. The number of ether oxygens (including phenoxy) is 2. The smallest absolute Gasteiger partial charge is 0.234 e. The first kappa shape index (κ1) is 21.3. The molecule has 1 aromatic heterocycles. The number of rotatable bonds is 3. The number of amides is 1. The molecule has 6 nitrogen and oxygen atoms in total. The number of para-hydroxylation sites is 2. The number of methoxy groups -OCH3 is 1. The first-order valence-electron chi connectivity index (χ1n) is 11.2. The minimum Gasteiger partial charge on any atom is -0.494 e. The third-order valence-corrected chi connectivity index (χ3v) is 8.03. The number of fused-ring (bicyclic) bond motifs is 3. The van der Waals surface area contributed by atoms with E-state index in [0.29, 0.717) is 37.0 Å². The molecule has 0 unspecified atom stereocenters. The molecule has 1 saturated heterocycles. The molecule has 0 radical (unpaired) electrons. The topological polar surface area (TPSA) is 54.9 Å². The fraction of sp³-hybridized carbons (Fsp3) is 0.231. The Morgan fingerprint density at radius 2 is 1.65 bits per heavy atom. The Labute approximate surface area is 206 Å². The van der Waals surface area contributed by atoms with Crippen molar-refractivity contribution in [2.75, 3.05) is 38.2 Å². The van der Waals surface area contributed by atoms with Crippen molar-refractivity contribution in [1.82, 2.24) is 9.88 Å². The standard InChI is InChI=1S/C26H22ClN3O3S/c1-32-21-11-10-18(27)24-23(21)28-26(34-24)30-14-12-29(13-15-30)25(31)22-16-6-2-4-8-19(16)33-20-9-5-3-7-17(20)22/h2-11,22H,12-15H2,1H3. The minimum atomic E-state index is -0.363. The number of nitrogens with zero attached hydrogens (tertiary/aromatic N) is 3. The summed E-state index contributed by atoms with van der Waals surface area (Å²) in [7, 11) is 1.64. The van der Waals surface area contributed by atoms with Crippen molar-refractivity contribution in [3.05, 3.63) is 76.8 Å². The molecule has 0 atom stereocenters. The lowest BCUT2D eigenvalue weighted by molar-refractivity contribution is -0.132. The van der Waals surface area contributed by atoms with Gasteiger partial charge in [-0.15, -0.1) is 0 Å². The number of thiazole rings is 1. The molecule has 1 fully saturated rings. The van der Waals surface area contributed by atoms with Gasteiger partial charge in [0.15, 0.2) is 5.13 Å². The summed E-state index contributed by atoms with van der Waals surface area (Å²) in [5, 5.41) is 1.57. The Morgan fingerprint density at radius 1 is 1.00 bits per heavy atom. The second-order valence-electron chi connectivity index (χ2n) is 8.35. The number of hydrogen-bond donors (Lipinski definition) is 0. The molecular weight excluding hydrogens is 470 g/mol. The van der Waals surface area contributed by atoms with E-state index in [9.17, 15) is 4.79 Å². The second-order valence-corrected chi connectivity index (χ2v) is 9.73. The maximum atomic E-state index is 13.8. The first-order chi connectivity index (χ1) is 16.6. The number of carbonyl (C=O) groups excluding carboxylic acids is 1. The van der Waals surface area contributed by atoms with E-state index >= 15 is 0 Å². The quantitative estimate of drug-likeness (QED) is 0.376. The molecule has 8 heteroatoms. The highest BCUT2D eigenvalue weighted by atomic mass is 35.5. The summed E-state index contributed by atoms with van der Waals surface area (Å²) in [4.78, 5) is 22.8. The predicted molar refractivity (Wildman–Crippen MR) is 135 cm³/mol. The Hall–Kier alpha value is -3.29. The van der Waals surface area contributed by atoms with Crippen molar-refractivity contribution in [3.8, 4) is 17.2 Å². The highest BCUT2D eigenvalue weighted by Crippen LogP contribution is 2.45. The van der Waals surface area contributed by atoms with Crippen LogP contribution in [0.1, 0.15) is 17.0 Å². The molecule has 0 bridgehead atoms. The maximum Gasteiger partial charge on any atom is 0.234 e. The van der Waals surface area contributed by atoms with Crippen LogP contribution in [0.3, 0.4) is 0 Å². The second kappa shape index (κ2) is 8.49. The van der Waals surface area contributed by atoms with Gasteiger partial charge in [0.05, 0.1) is 22.8 Å². The van der Waals surface area contributed by atoms with Crippen molar-refractivity contribution >= 4 is 44.2 Å². The van der Waals surface area contributed by atoms with Gasteiger partial charge in [-0.05, 0) is 24.3 Å². The van der Waals surface area contributed by atoms with Crippen LogP contribution < -0.4 is 14.4 Å². The van der Waals surface area contributed by atoms with Crippen molar-refractivity contribution in [3.63, 3.8) is 0 Å².